The molecule has 0 fully saturated rings. The van der Waals surface area contributed by atoms with Gasteiger partial charge in [-0.2, -0.15) is 0 Å². The molecule has 0 amide bonds. The summed E-state index contributed by atoms with van der Waals surface area (Å²) in [6, 6.07) is 2.80. The van der Waals surface area contributed by atoms with E-state index in [9.17, 15) is 10.0 Å². The minimum Gasteiger partial charge on any atom is -0.465 e. The molecule has 2 rings (SSSR count). The van der Waals surface area contributed by atoms with Gasteiger partial charge < -0.3 is 20.1 Å². The number of ether oxygens (including phenoxy) is 1. The van der Waals surface area contributed by atoms with Crippen LogP contribution in [0.25, 0.3) is 0 Å². The van der Waals surface area contributed by atoms with Crippen molar-refractivity contribution in [1.82, 2.24) is 4.98 Å². The number of nitrogens with zero attached hydrogens (tertiary/aromatic N) is 1. The predicted octanol–water partition coefficient (Wildman–Crippen LogP) is 2.04. The first-order valence-corrected chi connectivity index (χ1v) is 7.68. The molecule has 110 valence electrons. The molecule has 0 aliphatic heterocycles. The number of hydrogen-bond acceptors (Lipinski definition) is 6. The molecule has 0 saturated heterocycles. The van der Waals surface area contributed by atoms with Crippen LogP contribution in [0.4, 0.5) is 5.69 Å². The molecule has 0 atom stereocenters. The summed E-state index contributed by atoms with van der Waals surface area (Å²) >= 11 is 18.4. The highest BCUT2D eigenvalue weighted by Gasteiger charge is 2.18. The Kier molecular flexibility index (Phi) is 5.80. The van der Waals surface area contributed by atoms with E-state index in [0.29, 0.717) is 5.69 Å². The van der Waals surface area contributed by atoms with Crippen LogP contribution in [0.15, 0.2) is 23.8 Å². The molecular formula is C11H9BCl2N2O3S2. The van der Waals surface area contributed by atoms with Crippen LogP contribution in [-0.4, -0.2) is 27.3 Å². The van der Waals surface area contributed by atoms with Gasteiger partial charge in [-0.1, -0.05) is 23.2 Å². The van der Waals surface area contributed by atoms with Gasteiger partial charge in [-0.05, 0) is 24.4 Å². The third-order valence-electron chi connectivity index (χ3n) is 2.43. The van der Waals surface area contributed by atoms with Crippen molar-refractivity contribution in [2.45, 2.75) is 6.61 Å². The van der Waals surface area contributed by atoms with E-state index in [1.54, 1.807) is 11.7 Å². The number of hydrogen-bond donors (Lipinski definition) is 3. The van der Waals surface area contributed by atoms with E-state index in [-0.39, 0.29) is 27.3 Å². The maximum atomic E-state index is 9.21. The Hall–Kier alpha value is -0.895. The highest BCUT2D eigenvalue weighted by Crippen LogP contribution is 2.24. The van der Waals surface area contributed by atoms with Crippen LogP contribution < -0.4 is 10.8 Å². The van der Waals surface area contributed by atoms with Gasteiger partial charge in [-0.3, -0.25) is 4.98 Å². The molecule has 0 aliphatic carbocycles. The van der Waals surface area contributed by atoms with Gasteiger partial charge in [0.15, 0.2) is 0 Å². The van der Waals surface area contributed by atoms with E-state index in [1.165, 1.54) is 23.5 Å². The summed E-state index contributed by atoms with van der Waals surface area (Å²) in [5, 5.41) is 21.7. The largest absolute Gasteiger partial charge is 0.490 e. The molecule has 5 nitrogen and oxygen atoms in total. The summed E-state index contributed by atoms with van der Waals surface area (Å²) < 4.78 is 5.35. The highest BCUT2D eigenvalue weighted by atomic mass is 35.5. The summed E-state index contributed by atoms with van der Waals surface area (Å²) in [7, 11) is -1.71. The molecule has 0 radical (unpaired) electrons. The van der Waals surface area contributed by atoms with Crippen LogP contribution in [0.2, 0.25) is 10.0 Å². The van der Waals surface area contributed by atoms with E-state index in [0.717, 1.165) is 4.88 Å². The normalized spacial score (nSPS) is 10.3. The van der Waals surface area contributed by atoms with E-state index >= 15 is 0 Å². The molecule has 0 saturated carbocycles. The molecule has 10 heteroatoms. The Labute approximate surface area is 140 Å². The summed E-state index contributed by atoms with van der Waals surface area (Å²) in [5.41, 5.74) is 2.19. The number of anilines is 1. The standard InChI is InChI=1S/C11H9BCl2N2O3S2/c13-8-2-9(14)10(1-7(8)12(17)18)16-11(20)19-4-6-3-15-5-21-6/h1-3,5,17-18H,4H2,(H,16,20). The van der Waals surface area contributed by atoms with E-state index in [2.05, 4.69) is 10.3 Å². The van der Waals surface area contributed by atoms with Crippen molar-refractivity contribution in [3.63, 3.8) is 0 Å². The van der Waals surface area contributed by atoms with Crippen molar-refractivity contribution in [2.24, 2.45) is 0 Å². The number of benzene rings is 1. The highest BCUT2D eigenvalue weighted by molar-refractivity contribution is 7.80. The van der Waals surface area contributed by atoms with Gasteiger partial charge in [0.05, 0.1) is 21.1 Å². The molecule has 21 heavy (non-hydrogen) atoms. The lowest BCUT2D eigenvalue weighted by atomic mass is 9.80. The Balaban J connectivity index is 2.04. The zero-order valence-electron chi connectivity index (χ0n) is 10.4. The van der Waals surface area contributed by atoms with Crippen molar-refractivity contribution in [1.29, 1.82) is 0 Å². The molecule has 0 bridgehead atoms. The molecule has 0 aliphatic rings. The van der Waals surface area contributed by atoms with Crippen molar-refractivity contribution in [3.05, 3.63) is 38.8 Å². The van der Waals surface area contributed by atoms with E-state index in [1.807, 2.05) is 0 Å². The number of thiocarbonyl (C=S) groups is 1. The predicted molar refractivity (Wildman–Crippen MR) is 89.4 cm³/mol. The maximum absolute atomic E-state index is 9.21. The first-order chi connectivity index (χ1) is 9.97. The van der Waals surface area contributed by atoms with Crippen molar-refractivity contribution in [3.8, 4) is 0 Å². The second-order valence-corrected chi connectivity index (χ2v) is 6.05. The summed E-state index contributed by atoms with van der Waals surface area (Å²) in [6.07, 6.45) is 1.68. The molecule has 1 aromatic heterocycles. The Morgan fingerprint density at radius 1 is 1.38 bits per heavy atom. The molecule has 2 aromatic rings. The van der Waals surface area contributed by atoms with Crippen molar-refractivity contribution >= 4 is 70.2 Å². The Morgan fingerprint density at radius 2 is 2.14 bits per heavy atom. The fourth-order valence-corrected chi connectivity index (χ4v) is 2.66. The zero-order valence-corrected chi connectivity index (χ0v) is 13.6. The minimum absolute atomic E-state index is 0.103. The summed E-state index contributed by atoms with van der Waals surface area (Å²) in [4.78, 5) is 4.85. The van der Waals surface area contributed by atoms with Crippen molar-refractivity contribution < 1.29 is 14.8 Å². The lowest BCUT2D eigenvalue weighted by Gasteiger charge is -2.13. The number of thiazole rings is 1. The Morgan fingerprint density at radius 3 is 2.76 bits per heavy atom. The second kappa shape index (κ2) is 7.39. The molecular weight excluding hydrogens is 354 g/mol. The van der Waals surface area contributed by atoms with Crippen LogP contribution in [0.5, 0.6) is 0 Å². The third-order valence-corrected chi connectivity index (χ3v) is 4.04. The van der Waals surface area contributed by atoms with Crippen LogP contribution >= 0.6 is 46.8 Å². The van der Waals surface area contributed by atoms with Gasteiger partial charge in [-0.15, -0.1) is 11.3 Å². The smallest absolute Gasteiger partial charge is 0.465 e. The van der Waals surface area contributed by atoms with Gasteiger partial charge >= 0.3 is 7.12 Å². The monoisotopic (exact) mass is 362 g/mol. The summed E-state index contributed by atoms with van der Waals surface area (Å²) in [5.74, 6) is 0. The lowest BCUT2D eigenvalue weighted by molar-refractivity contribution is 0.303. The first kappa shape index (κ1) is 16.5. The SMILES string of the molecule is OB(O)c1cc(NC(=S)OCc2cncs2)c(Cl)cc1Cl. The van der Waals surface area contributed by atoms with Gasteiger partial charge in [0.2, 0.25) is 0 Å². The van der Waals surface area contributed by atoms with Crippen LogP contribution in [-0.2, 0) is 11.3 Å². The number of aromatic nitrogens is 1. The van der Waals surface area contributed by atoms with Gasteiger partial charge in [-0.25, -0.2) is 0 Å². The van der Waals surface area contributed by atoms with E-state index < -0.39 is 7.12 Å². The Bertz CT molecular complexity index is 641. The first-order valence-electron chi connectivity index (χ1n) is 5.63. The fourth-order valence-electron chi connectivity index (χ4n) is 1.46. The zero-order chi connectivity index (χ0) is 15.4. The number of halogens is 2. The second-order valence-electron chi connectivity index (χ2n) is 3.90. The number of nitrogens with one attached hydrogen (secondary N) is 1. The quantitative estimate of drug-likeness (QED) is 0.571. The lowest BCUT2D eigenvalue weighted by Crippen LogP contribution is -2.31. The molecule has 3 N–H and O–H groups in total. The maximum Gasteiger partial charge on any atom is 0.490 e. The van der Waals surface area contributed by atoms with Crippen LogP contribution in [0, 0.1) is 0 Å². The molecule has 1 heterocycles. The third kappa shape index (κ3) is 4.54. The molecule has 0 spiro atoms. The van der Waals surface area contributed by atoms with Crippen LogP contribution in [0.1, 0.15) is 4.88 Å². The van der Waals surface area contributed by atoms with Crippen LogP contribution in [0.3, 0.4) is 0 Å². The molecule has 0 unspecified atom stereocenters. The average Bonchev–Trinajstić information content (AvgIpc) is 2.92. The van der Waals surface area contributed by atoms with Crippen molar-refractivity contribution in [2.75, 3.05) is 5.32 Å². The van der Waals surface area contributed by atoms with Gasteiger partial charge in [0.25, 0.3) is 5.17 Å². The minimum atomic E-state index is -1.71. The van der Waals surface area contributed by atoms with E-state index in [4.69, 9.17) is 40.2 Å². The molecule has 1 aromatic carbocycles. The topological polar surface area (TPSA) is 74.6 Å². The van der Waals surface area contributed by atoms with Gasteiger partial charge in [0, 0.05) is 16.7 Å². The number of rotatable bonds is 4. The summed E-state index contributed by atoms with van der Waals surface area (Å²) in [6.45, 7) is 0.289. The van der Waals surface area contributed by atoms with Gasteiger partial charge in [0.1, 0.15) is 6.61 Å². The fraction of sp³-hybridized carbons (Fsp3) is 0.0909. The average molecular weight is 363 g/mol.